The lowest BCUT2D eigenvalue weighted by atomic mass is 10.1. The third-order valence-electron chi connectivity index (χ3n) is 4.41. The van der Waals surface area contributed by atoms with Crippen LogP contribution in [-0.2, 0) is 11.3 Å². The molecule has 1 aliphatic heterocycles. The first-order chi connectivity index (χ1) is 12.7. The van der Waals surface area contributed by atoms with E-state index in [9.17, 15) is 8.78 Å². The van der Waals surface area contributed by atoms with Crippen molar-refractivity contribution in [2.24, 2.45) is 4.99 Å². The van der Waals surface area contributed by atoms with Gasteiger partial charge in [0.1, 0.15) is 11.6 Å². The van der Waals surface area contributed by atoms with Crippen molar-refractivity contribution in [3.63, 3.8) is 0 Å². The third kappa shape index (κ3) is 3.61. The van der Waals surface area contributed by atoms with Gasteiger partial charge in [-0.2, -0.15) is 0 Å². The lowest BCUT2D eigenvalue weighted by Crippen LogP contribution is -2.24. The Kier molecular flexibility index (Phi) is 4.95. The molecule has 1 unspecified atom stereocenters. The predicted molar refractivity (Wildman–Crippen MR) is 98.3 cm³/mol. The smallest absolute Gasteiger partial charge is 0.190 e. The maximum atomic E-state index is 14.3. The van der Waals surface area contributed by atoms with Crippen LogP contribution < -0.4 is 4.80 Å². The highest BCUT2D eigenvalue weighted by Crippen LogP contribution is 2.25. The minimum atomic E-state index is -0.297. The highest BCUT2D eigenvalue weighted by Gasteiger charge is 2.20. The average molecular weight is 372 g/mol. The number of hydrogen-bond donors (Lipinski definition) is 0. The summed E-state index contributed by atoms with van der Waals surface area (Å²) in [6.07, 6.45) is 2.12. The van der Waals surface area contributed by atoms with Gasteiger partial charge in [-0.05, 0) is 49.2 Å². The number of thiazole rings is 1. The Morgan fingerprint density at radius 1 is 1.12 bits per heavy atom. The van der Waals surface area contributed by atoms with Gasteiger partial charge in [-0.25, -0.2) is 13.8 Å². The SMILES string of the molecule is Fc1ccc(N=c2scc(-c3ccccc3F)n2CC2CCCO2)cc1. The first-order valence-electron chi connectivity index (χ1n) is 8.56. The fourth-order valence-corrected chi connectivity index (χ4v) is 4.03. The van der Waals surface area contributed by atoms with Gasteiger partial charge in [0.05, 0.1) is 24.0 Å². The molecule has 134 valence electrons. The monoisotopic (exact) mass is 372 g/mol. The molecule has 2 aromatic carbocycles. The minimum Gasteiger partial charge on any atom is -0.376 e. The summed E-state index contributed by atoms with van der Waals surface area (Å²) in [5, 5.41) is 1.91. The van der Waals surface area contributed by atoms with Gasteiger partial charge < -0.3 is 9.30 Å². The number of nitrogens with zero attached hydrogens (tertiary/aromatic N) is 2. The van der Waals surface area contributed by atoms with E-state index in [-0.39, 0.29) is 17.7 Å². The molecule has 0 amide bonds. The second-order valence-electron chi connectivity index (χ2n) is 6.22. The molecule has 0 aliphatic carbocycles. The molecule has 6 heteroatoms. The molecule has 1 saturated heterocycles. The zero-order valence-corrected chi connectivity index (χ0v) is 14.9. The van der Waals surface area contributed by atoms with E-state index in [1.807, 2.05) is 16.0 Å². The van der Waals surface area contributed by atoms with E-state index in [0.717, 1.165) is 29.9 Å². The molecule has 2 heterocycles. The summed E-state index contributed by atoms with van der Waals surface area (Å²) in [4.78, 5) is 5.38. The highest BCUT2D eigenvalue weighted by molar-refractivity contribution is 7.07. The van der Waals surface area contributed by atoms with Crippen molar-refractivity contribution in [2.45, 2.75) is 25.5 Å². The second-order valence-corrected chi connectivity index (χ2v) is 7.05. The molecule has 0 saturated carbocycles. The number of ether oxygens (including phenoxy) is 1. The lowest BCUT2D eigenvalue weighted by molar-refractivity contribution is 0.0967. The molecule has 26 heavy (non-hydrogen) atoms. The standard InChI is InChI=1S/C20H18F2N2OS/c21-14-7-9-15(10-8-14)23-20-24(12-16-4-3-11-25-16)19(13-26-20)17-5-1-2-6-18(17)22/h1-2,5-10,13,16H,3-4,11-12H2. The maximum absolute atomic E-state index is 14.3. The Bertz CT molecular complexity index is 956. The van der Waals surface area contributed by atoms with Gasteiger partial charge in [-0.3, -0.25) is 0 Å². The van der Waals surface area contributed by atoms with Crippen LogP contribution in [0.5, 0.6) is 0 Å². The van der Waals surface area contributed by atoms with Crippen molar-refractivity contribution in [1.29, 1.82) is 0 Å². The number of halogens is 2. The molecule has 1 fully saturated rings. The van der Waals surface area contributed by atoms with Crippen LogP contribution in [0.15, 0.2) is 58.9 Å². The largest absolute Gasteiger partial charge is 0.376 e. The van der Waals surface area contributed by atoms with Crippen molar-refractivity contribution >= 4 is 17.0 Å². The van der Waals surface area contributed by atoms with Crippen LogP contribution in [0.1, 0.15) is 12.8 Å². The van der Waals surface area contributed by atoms with Crippen LogP contribution in [0.4, 0.5) is 14.5 Å². The quantitative estimate of drug-likeness (QED) is 0.639. The Balaban J connectivity index is 1.81. The van der Waals surface area contributed by atoms with Gasteiger partial charge in [-0.1, -0.05) is 12.1 Å². The summed E-state index contributed by atoms with van der Waals surface area (Å²) < 4.78 is 35.2. The molecule has 0 bridgehead atoms. The zero-order chi connectivity index (χ0) is 17.9. The molecule has 3 aromatic rings. The van der Waals surface area contributed by atoms with E-state index in [2.05, 4.69) is 4.99 Å². The molecule has 4 rings (SSSR count). The molecule has 1 atom stereocenters. The van der Waals surface area contributed by atoms with Crippen LogP contribution >= 0.6 is 11.3 Å². The predicted octanol–water partition coefficient (Wildman–Crippen LogP) is 4.91. The molecule has 0 N–H and O–H groups in total. The van der Waals surface area contributed by atoms with E-state index >= 15 is 0 Å². The van der Waals surface area contributed by atoms with Crippen molar-refractivity contribution < 1.29 is 13.5 Å². The molecule has 1 aliphatic rings. The summed E-state index contributed by atoms with van der Waals surface area (Å²) in [5.41, 5.74) is 1.99. The summed E-state index contributed by atoms with van der Waals surface area (Å²) >= 11 is 1.44. The average Bonchev–Trinajstić information content (AvgIpc) is 3.29. The zero-order valence-electron chi connectivity index (χ0n) is 14.1. The first-order valence-corrected chi connectivity index (χ1v) is 9.44. The summed E-state index contributed by atoms with van der Waals surface area (Å²) in [6, 6.07) is 12.8. The Labute approximate surface area is 154 Å². The van der Waals surface area contributed by atoms with Gasteiger partial charge in [0.25, 0.3) is 0 Å². The second kappa shape index (κ2) is 7.51. The molecule has 1 aromatic heterocycles. The van der Waals surface area contributed by atoms with Crippen LogP contribution in [0, 0.1) is 11.6 Å². The van der Waals surface area contributed by atoms with Gasteiger partial charge in [0.15, 0.2) is 4.80 Å². The van der Waals surface area contributed by atoms with E-state index < -0.39 is 0 Å². The van der Waals surface area contributed by atoms with Crippen molar-refractivity contribution in [2.75, 3.05) is 6.61 Å². The summed E-state index contributed by atoms with van der Waals surface area (Å²) in [5.74, 6) is -0.561. The molecule has 0 radical (unpaired) electrons. The highest BCUT2D eigenvalue weighted by atomic mass is 32.1. The lowest BCUT2D eigenvalue weighted by Gasteiger charge is -2.14. The summed E-state index contributed by atoms with van der Waals surface area (Å²) in [6.45, 7) is 1.38. The van der Waals surface area contributed by atoms with Crippen LogP contribution in [0.25, 0.3) is 11.3 Å². The number of hydrogen-bond acceptors (Lipinski definition) is 3. The Morgan fingerprint density at radius 3 is 2.65 bits per heavy atom. The van der Waals surface area contributed by atoms with Crippen molar-refractivity contribution in [1.82, 2.24) is 4.57 Å². The van der Waals surface area contributed by atoms with Gasteiger partial charge >= 0.3 is 0 Å². The summed E-state index contributed by atoms with van der Waals surface area (Å²) in [7, 11) is 0. The van der Waals surface area contributed by atoms with Crippen LogP contribution in [0.3, 0.4) is 0 Å². The van der Waals surface area contributed by atoms with E-state index in [1.165, 1.54) is 29.5 Å². The van der Waals surface area contributed by atoms with Gasteiger partial charge in [0, 0.05) is 17.6 Å². The molecule has 0 spiro atoms. The normalized spacial score (nSPS) is 17.8. The van der Waals surface area contributed by atoms with Gasteiger partial charge in [0.2, 0.25) is 0 Å². The molecular formula is C20H18F2N2OS. The topological polar surface area (TPSA) is 26.5 Å². The van der Waals surface area contributed by atoms with Crippen molar-refractivity contribution in [3.05, 3.63) is 70.3 Å². The van der Waals surface area contributed by atoms with E-state index in [4.69, 9.17) is 4.74 Å². The third-order valence-corrected chi connectivity index (χ3v) is 5.27. The molecular weight excluding hydrogens is 354 g/mol. The van der Waals surface area contributed by atoms with Crippen molar-refractivity contribution in [3.8, 4) is 11.3 Å². The maximum Gasteiger partial charge on any atom is 0.190 e. The van der Waals surface area contributed by atoms with Crippen LogP contribution in [0.2, 0.25) is 0 Å². The first kappa shape index (κ1) is 17.1. The van der Waals surface area contributed by atoms with Crippen LogP contribution in [-0.4, -0.2) is 17.3 Å². The fourth-order valence-electron chi connectivity index (χ4n) is 3.10. The number of aromatic nitrogens is 1. The Morgan fingerprint density at radius 2 is 1.92 bits per heavy atom. The molecule has 3 nitrogen and oxygen atoms in total. The number of benzene rings is 2. The minimum absolute atomic E-state index is 0.0993. The van der Waals surface area contributed by atoms with E-state index in [1.54, 1.807) is 24.3 Å². The van der Waals surface area contributed by atoms with Gasteiger partial charge in [-0.15, -0.1) is 11.3 Å². The number of rotatable bonds is 4. The fraction of sp³-hybridized carbons (Fsp3) is 0.250. The van der Waals surface area contributed by atoms with E-state index in [0.29, 0.717) is 17.8 Å². The Hall–Kier alpha value is -2.31.